The molecular formula is C23H32N4O4S. The molecule has 32 heavy (non-hydrogen) atoms. The van der Waals surface area contributed by atoms with Crippen molar-refractivity contribution in [3.8, 4) is 11.5 Å². The van der Waals surface area contributed by atoms with Gasteiger partial charge in [0.1, 0.15) is 10.6 Å². The molecule has 1 aliphatic rings. The molecule has 2 aromatic rings. The quantitative estimate of drug-likeness (QED) is 0.532. The second-order valence-corrected chi connectivity index (χ2v) is 9.57. The molecule has 1 heterocycles. The van der Waals surface area contributed by atoms with Crippen LogP contribution >= 0.6 is 0 Å². The van der Waals surface area contributed by atoms with Crippen molar-refractivity contribution in [2.24, 2.45) is 10.9 Å². The number of anilines is 1. The van der Waals surface area contributed by atoms with Crippen LogP contribution in [0.4, 0.5) is 5.69 Å². The average molecular weight is 461 g/mol. The fourth-order valence-corrected chi connectivity index (χ4v) is 4.55. The summed E-state index contributed by atoms with van der Waals surface area (Å²) in [7, 11) is -4.19. The SMILES string of the molecule is CCCCN(CCN1CCCC1)c1cc(C(N)=O)cc(S(N)(=O)=O)c1Oc1ccccc1. The van der Waals surface area contributed by atoms with Crippen LogP contribution in [-0.2, 0) is 10.0 Å². The minimum absolute atomic E-state index is 0.0760. The molecule has 174 valence electrons. The Kier molecular flexibility index (Phi) is 8.11. The van der Waals surface area contributed by atoms with E-state index in [2.05, 4.69) is 16.7 Å². The first-order valence-corrected chi connectivity index (χ1v) is 12.5. The van der Waals surface area contributed by atoms with Crippen LogP contribution in [0.5, 0.6) is 11.5 Å². The summed E-state index contributed by atoms with van der Waals surface area (Å²) < 4.78 is 31.1. The lowest BCUT2D eigenvalue weighted by Crippen LogP contribution is -2.35. The highest BCUT2D eigenvalue weighted by molar-refractivity contribution is 7.89. The summed E-state index contributed by atoms with van der Waals surface area (Å²) in [6, 6.07) is 11.7. The third-order valence-corrected chi connectivity index (χ3v) is 6.51. The molecule has 0 unspecified atom stereocenters. The van der Waals surface area contributed by atoms with Gasteiger partial charge in [0.2, 0.25) is 15.9 Å². The lowest BCUT2D eigenvalue weighted by atomic mass is 10.1. The van der Waals surface area contributed by atoms with E-state index in [4.69, 9.17) is 15.6 Å². The van der Waals surface area contributed by atoms with E-state index in [1.54, 1.807) is 30.3 Å². The number of primary amides is 1. The maximum atomic E-state index is 12.5. The zero-order valence-electron chi connectivity index (χ0n) is 18.5. The maximum absolute atomic E-state index is 12.5. The number of nitrogens with two attached hydrogens (primary N) is 2. The molecule has 0 aliphatic carbocycles. The Labute approximate surface area is 190 Å². The zero-order valence-corrected chi connectivity index (χ0v) is 19.3. The molecule has 1 saturated heterocycles. The fourth-order valence-electron chi connectivity index (χ4n) is 3.86. The van der Waals surface area contributed by atoms with Crippen molar-refractivity contribution in [1.82, 2.24) is 4.90 Å². The predicted octanol–water partition coefficient (Wildman–Crippen LogP) is 2.93. The van der Waals surface area contributed by atoms with Gasteiger partial charge in [0, 0.05) is 25.2 Å². The van der Waals surface area contributed by atoms with Crippen molar-refractivity contribution in [2.45, 2.75) is 37.5 Å². The minimum atomic E-state index is -4.19. The van der Waals surface area contributed by atoms with Crippen LogP contribution in [0.3, 0.4) is 0 Å². The lowest BCUT2D eigenvalue weighted by Gasteiger charge is -2.30. The van der Waals surface area contributed by atoms with E-state index < -0.39 is 15.9 Å². The Bertz CT molecular complexity index is 1020. The number of unbranched alkanes of at least 4 members (excludes halogenated alkanes) is 1. The highest BCUT2D eigenvalue weighted by Crippen LogP contribution is 2.39. The number of sulfonamides is 1. The number of hydrogen-bond donors (Lipinski definition) is 2. The number of carbonyl (C=O) groups is 1. The Morgan fingerprint density at radius 2 is 1.81 bits per heavy atom. The summed E-state index contributed by atoms with van der Waals surface area (Å²) in [6.07, 6.45) is 4.23. The number of ether oxygens (including phenoxy) is 1. The van der Waals surface area contributed by atoms with Gasteiger partial charge in [0.15, 0.2) is 5.75 Å². The summed E-state index contributed by atoms with van der Waals surface area (Å²) in [4.78, 5) is 16.2. The number of rotatable bonds is 11. The summed E-state index contributed by atoms with van der Waals surface area (Å²) in [5, 5.41) is 5.54. The van der Waals surface area contributed by atoms with Crippen LogP contribution in [0.2, 0.25) is 0 Å². The third kappa shape index (κ3) is 6.21. The topological polar surface area (TPSA) is 119 Å². The van der Waals surface area contributed by atoms with Crippen LogP contribution in [0.15, 0.2) is 47.4 Å². The number of benzene rings is 2. The summed E-state index contributed by atoms with van der Waals surface area (Å²) in [5.74, 6) is -0.140. The van der Waals surface area contributed by atoms with E-state index in [0.29, 0.717) is 24.5 Å². The normalized spacial score (nSPS) is 14.4. The van der Waals surface area contributed by atoms with E-state index in [1.165, 1.54) is 18.9 Å². The van der Waals surface area contributed by atoms with Crippen LogP contribution < -0.4 is 20.5 Å². The molecule has 3 rings (SSSR count). The molecule has 4 N–H and O–H groups in total. The largest absolute Gasteiger partial charge is 0.454 e. The third-order valence-electron chi connectivity index (χ3n) is 5.60. The Balaban J connectivity index is 2.10. The van der Waals surface area contributed by atoms with Gasteiger partial charge in [0.05, 0.1) is 5.69 Å². The number of amides is 1. The van der Waals surface area contributed by atoms with E-state index in [1.807, 2.05) is 6.07 Å². The van der Waals surface area contributed by atoms with Gasteiger partial charge >= 0.3 is 0 Å². The predicted molar refractivity (Wildman–Crippen MR) is 126 cm³/mol. The first-order chi connectivity index (χ1) is 15.3. The number of para-hydroxylation sites is 1. The van der Waals surface area contributed by atoms with E-state index in [9.17, 15) is 13.2 Å². The van der Waals surface area contributed by atoms with Gasteiger partial charge in [-0.1, -0.05) is 31.5 Å². The number of hydrogen-bond acceptors (Lipinski definition) is 6. The van der Waals surface area contributed by atoms with Crippen molar-refractivity contribution >= 4 is 21.6 Å². The second-order valence-electron chi connectivity index (χ2n) is 8.04. The van der Waals surface area contributed by atoms with Crippen molar-refractivity contribution in [3.63, 3.8) is 0 Å². The highest BCUT2D eigenvalue weighted by Gasteiger charge is 2.26. The first kappa shape index (κ1) is 24.0. The van der Waals surface area contributed by atoms with Crippen molar-refractivity contribution in [1.29, 1.82) is 0 Å². The molecule has 0 radical (unpaired) electrons. The monoisotopic (exact) mass is 460 g/mol. The molecule has 1 fully saturated rings. The molecule has 2 aromatic carbocycles. The fraction of sp³-hybridized carbons (Fsp3) is 0.435. The molecule has 1 aliphatic heterocycles. The van der Waals surface area contributed by atoms with Crippen LogP contribution in [0, 0.1) is 0 Å². The Morgan fingerprint density at radius 1 is 1.12 bits per heavy atom. The van der Waals surface area contributed by atoms with Crippen molar-refractivity contribution in [2.75, 3.05) is 37.6 Å². The molecule has 0 saturated carbocycles. The standard InChI is InChI=1S/C23H32N4O4S/c1-2-3-13-27(15-14-26-11-7-8-12-26)20-16-18(23(24)28)17-21(32(25,29)30)22(20)31-19-9-5-4-6-10-19/h4-6,9-10,16-17H,2-3,7-8,11-15H2,1H3,(H2,24,28)(H2,25,29,30). The molecule has 0 aromatic heterocycles. The highest BCUT2D eigenvalue weighted by atomic mass is 32.2. The number of nitrogens with zero attached hydrogens (tertiary/aromatic N) is 2. The summed E-state index contributed by atoms with van der Waals surface area (Å²) >= 11 is 0. The van der Waals surface area contributed by atoms with Gasteiger partial charge < -0.3 is 20.3 Å². The zero-order chi connectivity index (χ0) is 23.1. The molecule has 0 spiro atoms. The molecule has 0 atom stereocenters. The molecule has 8 nitrogen and oxygen atoms in total. The number of primary sulfonamides is 1. The van der Waals surface area contributed by atoms with Gasteiger partial charge in [0.25, 0.3) is 0 Å². The van der Waals surface area contributed by atoms with Crippen molar-refractivity contribution < 1.29 is 17.9 Å². The van der Waals surface area contributed by atoms with Crippen LogP contribution in [0.25, 0.3) is 0 Å². The Hall–Kier alpha value is -2.62. The average Bonchev–Trinajstić information content (AvgIpc) is 3.27. The van der Waals surface area contributed by atoms with Gasteiger partial charge in [-0.05, 0) is 56.6 Å². The number of likely N-dealkylation sites (tertiary alicyclic amines) is 1. The first-order valence-electron chi connectivity index (χ1n) is 11.0. The lowest BCUT2D eigenvalue weighted by molar-refractivity contribution is 0.1000. The molecule has 1 amide bonds. The molecule has 0 bridgehead atoms. The van der Waals surface area contributed by atoms with E-state index >= 15 is 0 Å². The molecule has 9 heteroatoms. The Morgan fingerprint density at radius 3 is 2.41 bits per heavy atom. The van der Waals surface area contributed by atoms with Crippen LogP contribution in [-0.4, -0.2) is 51.9 Å². The van der Waals surface area contributed by atoms with Crippen molar-refractivity contribution in [3.05, 3.63) is 48.0 Å². The van der Waals surface area contributed by atoms with Gasteiger partial charge in [-0.15, -0.1) is 0 Å². The van der Waals surface area contributed by atoms with E-state index in [0.717, 1.165) is 32.5 Å². The summed E-state index contributed by atoms with van der Waals surface area (Å²) in [5.41, 5.74) is 6.11. The van der Waals surface area contributed by atoms with Gasteiger partial charge in [-0.25, -0.2) is 13.6 Å². The second kappa shape index (κ2) is 10.8. The van der Waals surface area contributed by atoms with E-state index in [-0.39, 0.29) is 16.2 Å². The number of carbonyl (C=O) groups excluding carboxylic acids is 1. The van der Waals surface area contributed by atoms with Crippen LogP contribution in [0.1, 0.15) is 43.0 Å². The van der Waals surface area contributed by atoms with Gasteiger partial charge in [-0.2, -0.15) is 0 Å². The smallest absolute Gasteiger partial charge is 0.248 e. The minimum Gasteiger partial charge on any atom is -0.454 e. The summed E-state index contributed by atoms with van der Waals surface area (Å²) in [6.45, 7) is 6.38. The molecular weight excluding hydrogens is 428 g/mol. The van der Waals surface area contributed by atoms with Gasteiger partial charge in [-0.3, -0.25) is 4.79 Å². The maximum Gasteiger partial charge on any atom is 0.248 e.